The zero-order valence-electron chi connectivity index (χ0n) is 29.0. The van der Waals surface area contributed by atoms with Crippen LogP contribution in [0, 0.1) is 5.92 Å². The third-order valence-corrected chi connectivity index (χ3v) is 9.70. The van der Waals surface area contributed by atoms with Gasteiger partial charge in [-0.05, 0) is 76.3 Å². The summed E-state index contributed by atoms with van der Waals surface area (Å²) in [6.45, 7) is 9.24. The fourth-order valence-electron chi connectivity index (χ4n) is 6.58. The first-order valence-electron chi connectivity index (χ1n) is 17.2. The second-order valence-electron chi connectivity index (χ2n) is 13.1. The fourth-order valence-corrected chi connectivity index (χ4v) is 6.58. The van der Waals surface area contributed by atoms with Crippen LogP contribution in [0.25, 0.3) is 21.9 Å². The van der Waals surface area contributed by atoms with Gasteiger partial charge < -0.3 is 24.6 Å². The lowest BCUT2D eigenvalue weighted by Gasteiger charge is -2.43. The summed E-state index contributed by atoms with van der Waals surface area (Å²) in [5.74, 6) is 0.0583. The Balaban J connectivity index is 1.24. The SMILES string of the molecule is C=CCOC(=O)NCc1cccc(-c2cccc([C@@H]3O[C@H](CN(C)[C@H](C)c4ccc5ccccc5c4)[C@H](C)[C@H](c4ccc(CO)cc4)O3)c2)c1. The van der Waals surface area contributed by atoms with Gasteiger partial charge in [-0.3, -0.25) is 4.90 Å². The molecule has 50 heavy (non-hydrogen) atoms. The van der Waals surface area contributed by atoms with E-state index in [2.05, 4.69) is 123 Å². The van der Waals surface area contributed by atoms with E-state index in [-0.39, 0.29) is 37.4 Å². The lowest BCUT2D eigenvalue weighted by atomic mass is 9.89. The molecule has 5 aromatic carbocycles. The number of fused-ring (bicyclic) bond motifs is 1. The Hall–Kier alpha value is -4.79. The molecule has 1 amide bonds. The van der Waals surface area contributed by atoms with Gasteiger partial charge in [0.05, 0.1) is 18.8 Å². The van der Waals surface area contributed by atoms with E-state index in [1.807, 2.05) is 30.3 Å². The average molecular weight is 671 g/mol. The first kappa shape index (κ1) is 35.1. The number of alkyl carbamates (subject to hydrolysis) is 1. The number of carbonyl (C=O) groups is 1. The standard InChI is InChI=1S/C43H46N2O5/c1-5-22-48-43(47)44-26-32-10-8-13-36(23-32)38-14-9-15-39(25-38)42-49-40(29(2)41(50-42)34-18-16-31(28-46)17-19-34)27-45(4)30(3)35-21-20-33-11-6-7-12-37(33)24-35/h5-21,23-25,29-30,40-42,46H,1,22,26-28H2,2-4H3,(H,44,47)/t29-,30+,40+,41+,42+/m0/s1. The molecule has 0 bridgehead atoms. The predicted octanol–water partition coefficient (Wildman–Crippen LogP) is 8.90. The van der Waals surface area contributed by atoms with Gasteiger partial charge in [0.15, 0.2) is 6.29 Å². The van der Waals surface area contributed by atoms with Crippen LogP contribution >= 0.6 is 0 Å². The third kappa shape index (κ3) is 8.32. The first-order valence-corrected chi connectivity index (χ1v) is 17.2. The maximum Gasteiger partial charge on any atom is 0.407 e. The van der Waals surface area contributed by atoms with Crippen molar-refractivity contribution in [2.24, 2.45) is 5.92 Å². The van der Waals surface area contributed by atoms with Crippen LogP contribution in [0.3, 0.4) is 0 Å². The highest BCUT2D eigenvalue weighted by Gasteiger charge is 2.39. The predicted molar refractivity (Wildman–Crippen MR) is 198 cm³/mol. The van der Waals surface area contributed by atoms with Gasteiger partial charge >= 0.3 is 6.09 Å². The Morgan fingerprint density at radius 2 is 1.62 bits per heavy atom. The fraction of sp³-hybridized carbons (Fsp3) is 0.279. The molecule has 258 valence electrons. The summed E-state index contributed by atoms with van der Waals surface area (Å²) in [6.07, 6.45) is 0.131. The molecular formula is C43H46N2O5. The van der Waals surface area contributed by atoms with Crippen molar-refractivity contribution < 1.29 is 24.1 Å². The molecule has 5 aromatic rings. The van der Waals surface area contributed by atoms with Crippen molar-refractivity contribution in [2.75, 3.05) is 20.2 Å². The zero-order valence-corrected chi connectivity index (χ0v) is 29.0. The summed E-state index contributed by atoms with van der Waals surface area (Å²) in [4.78, 5) is 14.3. The number of carbonyl (C=O) groups excluding carboxylic acids is 1. The summed E-state index contributed by atoms with van der Waals surface area (Å²) in [5.41, 5.74) is 7.11. The second kappa shape index (κ2) is 16.3. The summed E-state index contributed by atoms with van der Waals surface area (Å²) in [6, 6.07) is 39.7. The number of aliphatic hydroxyl groups is 1. The number of nitrogens with one attached hydrogen (secondary N) is 1. The lowest BCUT2D eigenvalue weighted by Crippen LogP contribution is -2.44. The van der Waals surface area contributed by atoms with E-state index in [0.717, 1.165) is 33.4 Å². The number of amides is 1. The minimum Gasteiger partial charge on any atom is -0.445 e. The van der Waals surface area contributed by atoms with Crippen LogP contribution in [-0.4, -0.2) is 42.4 Å². The molecule has 0 saturated carbocycles. The van der Waals surface area contributed by atoms with E-state index in [1.54, 1.807) is 0 Å². The Morgan fingerprint density at radius 3 is 2.38 bits per heavy atom. The molecule has 0 aliphatic carbocycles. The number of likely N-dealkylation sites (N-methyl/N-ethyl adjacent to an activating group) is 1. The minimum atomic E-state index is -0.590. The third-order valence-electron chi connectivity index (χ3n) is 9.70. The molecule has 1 fully saturated rings. The van der Waals surface area contributed by atoms with Crippen LogP contribution in [0.15, 0.2) is 128 Å². The summed E-state index contributed by atoms with van der Waals surface area (Å²) in [5, 5.41) is 14.9. The van der Waals surface area contributed by atoms with E-state index >= 15 is 0 Å². The van der Waals surface area contributed by atoms with E-state index in [9.17, 15) is 9.90 Å². The van der Waals surface area contributed by atoms with Gasteiger partial charge in [0.1, 0.15) is 6.61 Å². The molecule has 1 aliphatic rings. The van der Waals surface area contributed by atoms with Gasteiger partial charge in [0.25, 0.3) is 0 Å². The molecule has 0 unspecified atom stereocenters. The molecule has 5 atom stereocenters. The zero-order chi connectivity index (χ0) is 35.0. The topological polar surface area (TPSA) is 80.3 Å². The first-order chi connectivity index (χ1) is 24.3. The molecule has 0 aromatic heterocycles. The van der Waals surface area contributed by atoms with Crippen LogP contribution in [0.4, 0.5) is 4.79 Å². The molecule has 1 heterocycles. The number of aliphatic hydroxyl groups excluding tert-OH is 1. The van der Waals surface area contributed by atoms with Gasteiger partial charge in [-0.1, -0.05) is 117 Å². The maximum absolute atomic E-state index is 12.0. The minimum absolute atomic E-state index is 0.00335. The molecular weight excluding hydrogens is 624 g/mol. The van der Waals surface area contributed by atoms with Crippen molar-refractivity contribution in [3.05, 3.63) is 156 Å². The average Bonchev–Trinajstić information content (AvgIpc) is 3.16. The molecule has 2 N–H and O–H groups in total. The highest BCUT2D eigenvalue weighted by molar-refractivity contribution is 5.83. The van der Waals surface area contributed by atoms with Crippen LogP contribution in [-0.2, 0) is 27.4 Å². The van der Waals surface area contributed by atoms with Crippen LogP contribution in [0.1, 0.15) is 60.1 Å². The number of hydrogen-bond donors (Lipinski definition) is 2. The van der Waals surface area contributed by atoms with Crippen LogP contribution < -0.4 is 5.32 Å². The summed E-state index contributed by atoms with van der Waals surface area (Å²) >= 11 is 0. The van der Waals surface area contributed by atoms with Gasteiger partial charge in [-0.2, -0.15) is 0 Å². The van der Waals surface area contributed by atoms with Crippen LogP contribution in [0.5, 0.6) is 0 Å². The van der Waals surface area contributed by atoms with Gasteiger partial charge in [-0.25, -0.2) is 4.79 Å². The number of rotatable bonds is 12. The Labute approximate surface area is 295 Å². The van der Waals surface area contributed by atoms with Gasteiger partial charge in [-0.15, -0.1) is 0 Å². The smallest absolute Gasteiger partial charge is 0.407 e. The molecule has 0 radical (unpaired) electrons. The van der Waals surface area contributed by atoms with Crippen molar-refractivity contribution in [3.8, 4) is 11.1 Å². The Kier molecular flexibility index (Phi) is 11.4. The monoisotopic (exact) mass is 670 g/mol. The van der Waals surface area contributed by atoms with E-state index in [0.29, 0.717) is 13.1 Å². The van der Waals surface area contributed by atoms with Gasteiger partial charge in [0, 0.05) is 30.6 Å². The Bertz CT molecular complexity index is 1910. The highest BCUT2D eigenvalue weighted by Crippen LogP contribution is 2.43. The summed E-state index contributed by atoms with van der Waals surface area (Å²) < 4.78 is 18.7. The highest BCUT2D eigenvalue weighted by atomic mass is 16.7. The van der Waals surface area contributed by atoms with Crippen molar-refractivity contribution in [2.45, 2.75) is 51.5 Å². The number of hydrogen-bond acceptors (Lipinski definition) is 6. The second-order valence-corrected chi connectivity index (χ2v) is 13.1. The largest absolute Gasteiger partial charge is 0.445 e. The molecule has 6 rings (SSSR count). The van der Waals surface area contributed by atoms with E-state index in [1.165, 1.54) is 22.4 Å². The van der Waals surface area contributed by atoms with Gasteiger partial charge in [0.2, 0.25) is 0 Å². The quantitative estimate of drug-likeness (QED) is 0.129. The number of nitrogens with zero attached hydrogens (tertiary/aromatic N) is 1. The summed E-state index contributed by atoms with van der Waals surface area (Å²) in [7, 11) is 2.16. The van der Waals surface area contributed by atoms with E-state index in [4.69, 9.17) is 14.2 Å². The number of ether oxygens (including phenoxy) is 3. The van der Waals surface area contributed by atoms with E-state index < -0.39 is 12.4 Å². The van der Waals surface area contributed by atoms with Crippen molar-refractivity contribution in [1.29, 1.82) is 0 Å². The van der Waals surface area contributed by atoms with Crippen molar-refractivity contribution in [3.63, 3.8) is 0 Å². The number of benzene rings is 5. The molecule has 7 nitrogen and oxygen atoms in total. The maximum atomic E-state index is 12.0. The molecule has 1 saturated heterocycles. The normalized spacial score (nSPS) is 19.6. The molecule has 0 spiro atoms. The van der Waals surface area contributed by atoms with Crippen LogP contribution in [0.2, 0.25) is 0 Å². The molecule has 7 heteroatoms. The Morgan fingerprint density at radius 1 is 0.880 bits per heavy atom. The molecule has 1 aliphatic heterocycles. The van der Waals surface area contributed by atoms with Crippen molar-refractivity contribution >= 4 is 16.9 Å². The lowest BCUT2D eigenvalue weighted by molar-refractivity contribution is -0.276. The van der Waals surface area contributed by atoms with Crippen molar-refractivity contribution in [1.82, 2.24) is 10.2 Å².